The Kier molecular flexibility index (Phi) is 8.88. The van der Waals surface area contributed by atoms with E-state index in [1.165, 1.54) is 11.1 Å². The Labute approximate surface area is 214 Å². The SMILES string of the molecule is COc1cc(CN2CCC[C@](O)(COc3ccc(C)cc3)CC2)ccc1OCCCn1cc(C)cn1. The Morgan fingerprint density at radius 3 is 2.56 bits per heavy atom. The van der Waals surface area contributed by atoms with E-state index in [9.17, 15) is 5.11 Å². The molecule has 1 aliphatic heterocycles. The number of benzene rings is 2. The van der Waals surface area contributed by atoms with Gasteiger partial charge in [-0.1, -0.05) is 23.8 Å². The van der Waals surface area contributed by atoms with Crippen LogP contribution in [-0.4, -0.2) is 58.8 Å². The van der Waals surface area contributed by atoms with Crippen molar-refractivity contribution < 1.29 is 19.3 Å². The summed E-state index contributed by atoms with van der Waals surface area (Å²) in [6.07, 6.45) is 7.14. The third-order valence-corrected chi connectivity index (χ3v) is 6.72. The van der Waals surface area contributed by atoms with E-state index in [0.29, 0.717) is 19.6 Å². The van der Waals surface area contributed by atoms with Gasteiger partial charge < -0.3 is 19.3 Å². The number of ether oxygens (including phenoxy) is 3. The van der Waals surface area contributed by atoms with E-state index in [1.54, 1.807) is 7.11 Å². The van der Waals surface area contributed by atoms with E-state index in [4.69, 9.17) is 14.2 Å². The van der Waals surface area contributed by atoms with Crippen LogP contribution in [0.4, 0.5) is 0 Å². The maximum Gasteiger partial charge on any atom is 0.161 e. The predicted molar refractivity (Wildman–Crippen MR) is 141 cm³/mol. The Morgan fingerprint density at radius 1 is 0.972 bits per heavy atom. The lowest BCUT2D eigenvalue weighted by Gasteiger charge is -2.27. The topological polar surface area (TPSA) is 69.0 Å². The molecule has 1 fully saturated rings. The molecular weight excluding hydrogens is 454 g/mol. The van der Waals surface area contributed by atoms with Crippen LogP contribution in [-0.2, 0) is 13.1 Å². The number of aryl methyl sites for hydroxylation is 3. The predicted octanol–water partition coefficient (Wildman–Crippen LogP) is 4.77. The average Bonchev–Trinajstić information content (AvgIpc) is 3.21. The van der Waals surface area contributed by atoms with Gasteiger partial charge in [-0.3, -0.25) is 9.58 Å². The fraction of sp³-hybridized carbons (Fsp3) is 0.483. The van der Waals surface area contributed by atoms with Crippen LogP contribution in [0.25, 0.3) is 0 Å². The molecule has 7 heteroatoms. The van der Waals surface area contributed by atoms with Gasteiger partial charge in [0, 0.05) is 32.3 Å². The zero-order valence-electron chi connectivity index (χ0n) is 21.8. The third kappa shape index (κ3) is 7.48. The molecule has 194 valence electrons. The number of rotatable bonds is 11. The first-order valence-corrected chi connectivity index (χ1v) is 12.9. The first kappa shape index (κ1) is 26.0. The molecule has 1 aliphatic rings. The molecule has 0 unspecified atom stereocenters. The molecule has 0 amide bonds. The molecule has 1 atom stereocenters. The van der Waals surface area contributed by atoms with E-state index in [0.717, 1.165) is 68.3 Å². The smallest absolute Gasteiger partial charge is 0.161 e. The van der Waals surface area contributed by atoms with Crippen molar-refractivity contribution in [1.82, 2.24) is 14.7 Å². The standard InChI is InChI=1S/C29H39N3O4/c1-23-6-9-26(10-7-23)36-22-29(33)12-4-14-31(16-13-29)21-25-8-11-27(28(18-25)34-3)35-17-5-15-32-20-24(2)19-30-32/h6-11,18-20,33H,4-5,12-17,21-22H2,1-3H3/t29-/m1/s1. The second-order valence-corrected chi connectivity index (χ2v) is 9.92. The minimum atomic E-state index is -0.802. The van der Waals surface area contributed by atoms with Crippen LogP contribution in [0.3, 0.4) is 0 Å². The van der Waals surface area contributed by atoms with Crippen molar-refractivity contribution in [3.8, 4) is 17.2 Å². The Hall–Kier alpha value is -3.03. The van der Waals surface area contributed by atoms with E-state index in [-0.39, 0.29) is 0 Å². The van der Waals surface area contributed by atoms with Crippen LogP contribution in [0, 0.1) is 13.8 Å². The molecule has 2 heterocycles. The van der Waals surface area contributed by atoms with Gasteiger partial charge in [-0.25, -0.2) is 0 Å². The van der Waals surface area contributed by atoms with Crippen LogP contribution < -0.4 is 14.2 Å². The van der Waals surface area contributed by atoms with Gasteiger partial charge in [0.15, 0.2) is 11.5 Å². The summed E-state index contributed by atoms with van der Waals surface area (Å²) in [4.78, 5) is 2.39. The summed E-state index contributed by atoms with van der Waals surface area (Å²) in [5.74, 6) is 2.32. The van der Waals surface area contributed by atoms with Crippen LogP contribution in [0.5, 0.6) is 17.2 Å². The lowest BCUT2D eigenvalue weighted by molar-refractivity contribution is -0.0168. The lowest BCUT2D eigenvalue weighted by Crippen LogP contribution is -2.37. The third-order valence-electron chi connectivity index (χ3n) is 6.72. The Balaban J connectivity index is 1.25. The molecule has 2 aromatic carbocycles. The largest absolute Gasteiger partial charge is 0.493 e. The number of hydrogen-bond acceptors (Lipinski definition) is 6. The highest BCUT2D eigenvalue weighted by atomic mass is 16.5. The second kappa shape index (κ2) is 12.3. The molecule has 0 radical (unpaired) electrons. The normalized spacial score (nSPS) is 18.6. The molecule has 7 nitrogen and oxygen atoms in total. The van der Waals surface area contributed by atoms with Crippen molar-refractivity contribution in [1.29, 1.82) is 0 Å². The number of aromatic nitrogens is 2. The van der Waals surface area contributed by atoms with Gasteiger partial charge in [0.2, 0.25) is 0 Å². The van der Waals surface area contributed by atoms with Gasteiger partial charge in [0.05, 0.1) is 25.5 Å². The lowest BCUT2D eigenvalue weighted by atomic mass is 9.96. The number of aliphatic hydroxyl groups is 1. The van der Waals surface area contributed by atoms with Crippen molar-refractivity contribution in [2.75, 3.05) is 33.4 Å². The molecule has 1 aromatic heterocycles. The zero-order valence-corrected chi connectivity index (χ0v) is 21.8. The fourth-order valence-corrected chi connectivity index (χ4v) is 4.58. The number of hydrogen-bond donors (Lipinski definition) is 1. The fourth-order valence-electron chi connectivity index (χ4n) is 4.58. The van der Waals surface area contributed by atoms with Crippen LogP contribution in [0.2, 0.25) is 0 Å². The van der Waals surface area contributed by atoms with Crippen molar-refractivity contribution in [2.24, 2.45) is 0 Å². The molecule has 3 aromatic rings. The minimum Gasteiger partial charge on any atom is -0.493 e. The summed E-state index contributed by atoms with van der Waals surface area (Å²) in [5, 5.41) is 15.5. The number of methoxy groups -OCH3 is 1. The van der Waals surface area contributed by atoms with Crippen molar-refractivity contribution >= 4 is 0 Å². The van der Waals surface area contributed by atoms with Gasteiger partial charge in [-0.15, -0.1) is 0 Å². The van der Waals surface area contributed by atoms with E-state index in [1.807, 2.05) is 54.3 Å². The quantitative estimate of drug-likeness (QED) is 0.388. The summed E-state index contributed by atoms with van der Waals surface area (Å²) in [7, 11) is 1.68. The molecule has 0 aliphatic carbocycles. The molecule has 0 spiro atoms. The highest BCUT2D eigenvalue weighted by molar-refractivity contribution is 5.43. The number of nitrogens with zero attached hydrogens (tertiary/aromatic N) is 3. The average molecular weight is 494 g/mol. The maximum absolute atomic E-state index is 11.2. The maximum atomic E-state index is 11.2. The van der Waals surface area contributed by atoms with Crippen LogP contribution >= 0.6 is 0 Å². The molecule has 1 saturated heterocycles. The summed E-state index contributed by atoms with van der Waals surface area (Å²) < 4.78 is 19.5. The second-order valence-electron chi connectivity index (χ2n) is 9.92. The van der Waals surface area contributed by atoms with Gasteiger partial charge in [-0.05, 0) is 75.0 Å². The molecule has 36 heavy (non-hydrogen) atoms. The summed E-state index contributed by atoms with van der Waals surface area (Å²) in [5.41, 5.74) is 2.73. The van der Waals surface area contributed by atoms with Crippen molar-refractivity contribution in [2.45, 2.75) is 58.2 Å². The van der Waals surface area contributed by atoms with Crippen LogP contribution in [0.1, 0.15) is 42.4 Å². The summed E-state index contributed by atoms with van der Waals surface area (Å²) >= 11 is 0. The van der Waals surface area contributed by atoms with Gasteiger partial charge in [0.1, 0.15) is 12.4 Å². The monoisotopic (exact) mass is 493 g/mol. The summed E-state index contributed by atoms with van der Waals surface area (Å²) in [6, 6.07) is 14.1. The van der Waals surface area contributed by atoms with Gasteiger partial charge >= 0.3 is 0 Å². The van der Waals surface area contributed by atoms with Gasteiger partial charge in [-0.2, -0.15) is 5.10 Å². The highest BCUT2D eigenvalue weighted by Crippen LogP contribution is 2.30. The minimum absolute atomic E-state index is 0.323. The first-order chi connectivity index (χ1) is 17.4. The Bertz CT molecular complexity index is 1100. The highest BCUT2D eigenvalue weighted by Gasteiger charge is 2.31. The van der Waals surface area contributed by atoms with Crippen molar-refractivity contribution in [3.05, 3.63) is 71.5 Å². The van der Waals surface area contributed by atoms with Crippen LogP contribution in [0.15, 0.2) is 54.9 Å². The Morgan fingerprint density at radius 2 is 1.81 bits per heavy atom. The number of likely N-dealkylation sites (tertiary alicyclic amines) is 1. The summed E-state index contributed by atoms with van der Waals surface area (Å²) in [6.45, 7) is 8.42. The van der Waals surface area contributed by atoms with E-state index >= 15 is 0 Å². The zero-order chi connectivity index (χ0) is 25.4. The molecular formula is C29H39N3O4. The van der Waals surface area contributed by atoms with Crippen molar-refractivity contribution in [3.63, 3.8) is 0 Å². The van der Waals surface area contributed by atoms with Gasteiger partial charge in [0.25, 0.3) is 0 Å². The molecule has 0 bridgehead atoms. The van der Waals surface area contributed by atoms with E-state index < -0.39 is 5.60 Å². The molecule has 1 N–H and O–H groups in total. The first-order valence-electron chi connectivity index (χ1n) is 12.9. The van der Waals surface area contributed by atoms with E-state index in [2.05, 4.69) is 29.1 Å². The molecule has 4 rings (SSSR count). The molecule has 0 saturated carbocycles.